The summed E-state index contributed by atoms with van der Waals surface area (Å²) < 4.78 is 5.26. The van der Waals surface area contributed by atoms with Crippen LogP contribution in [0.15, 0.2) is 42.5 Å². The van der Waals surface area contributed by atoms with Crippen LogP contribution in [0.5, 0.6) is 5.75 Å². The molecule has 0 aliphatic carbocycles. The molecule has 2 aromatic rings. The summed E-state index contributed by atoms with van der Waals surface area (Å²) >= 11 is 0. The maximum absolute atomic E-state index is 12.1. The van der Waals surface area contributed by atoms with Gasteiger partial charge in [-0.25, -0.2) is 0 Å². The second kappa shape index (κ2) is 8.40. The summed E-state index contributed by atoms with van der Waals surface area (Å²) in [6, 6.07) is 12.0. The van der Waals surface area contributed by atoms with E-state index in [9.17, 15) is 4.79 Å². The molecule has 1 amide bonds. The van der Waals surface area contributed by atoms with Gasteiger partial charge in [0.05, 0.1) is 7.11 Å². The maximum Gasteiger partial charge on any atom is 0.249 e. The molecule has 0 unspecified atom stereocenters. The van der Waals surface area contributed by atoms with Crippen LogP contribution in [0.3, 0.4) is 0 Å². The first-order valence-corrected chi connectivity index (χ1v) is 9.51. The molecule has 0 spiro atoms. The van der Waals surface area contributed by atoms with Gasteiger partial charge in [0.15, 0.2) is 0 Å². The fourth-order valence-corrected chi connectivity index (χ4v) is 3.96. The Morgan fingerprint density at radius 1 is 1.11 bits per heavy atom. The van der Waals surface area contributed by atoms with Gasteiger partial charge in [0.1, 0.15) is 5.75 Å². The van der Waals surface area contributed by atoms with Crippen molar-refractivity contribution in [3.63, 3.8) is 0 Å². The van der Waals surface area contributed by atoms with Gasteiger partial charge in [-0.1, -0.05) is 18.2 Å². The predicted molar refractivity (Wildman–Crippen MR) is 111 cm³/mol. The molecule has 0 saturated carbocycles. The SMILES string of the molecule is C/C=C(\c1cc(-c2ccc(OC)cc2)cc(C(N)=O)c1C)C1CCNCC1. The smallest absolute Gasteiger partial charge is 0.249 e. The van der Waals surface area contributed by atoms with E-state index in [0.29, 0.717) is 11.5 Å². The Kier molecular flexibility index (Phi) is 5.97. The summed E-state index contributed by atoms with van der Waals surface area (Å²) in [5.41, 5.74) is 11.7. The molecule has 1 aliphatic heterocycles. The number of carbonyl (C=O) groups excluding carboxylic acids is 1. The molecule has 3 N–H and O–H groups in total. The van der Waals surface area contributed by atoms with Gasteiger partial charge in [0, 0.05) is 5.56 Å². The molecule has 2 aromatic carbocycles. The topological polar surface area (TPSA) is 64.3 Å². The molecule has 1 fully saturated rings. The number of nitrogens with two attached hydrogens (primary N) is 1. The Hall–Kier alpha value is -2.59. The molecule has 0 radical (unpaired) electrons. The van der Waals surface area contributed by atoms with Crippen LogP contribution in [0, 0.1) is 12.8 Å². The highest BCUT2D eigenvalue weighted by atomic mass is 16.5. The predicted octanol–water partition coefficient (Wildman–Crippen LogP) is 4.17. The van der Waals surface area contributed by atoms with Gasteiger partial charge in [-0.05, 0) is 97.8 Å². The highest BCUT2D eigenvalue weighted by molar-refractivity contribution is 5.97. The molecule has 0 atom stereocenters. The number of ether oxygens (including phenoxy) is 1. The zero-order valence-corrected chi connectivity index (χ0v) is 16.3. The number of amides is 1. The van der Waals surface area contributed by atoms with Gasteiger partial charge in [-0.15, -0.1) is 0 Å². The maximum atomic E-state index is 12.1. The molecule has 1 heterocycles. The minimum absolute atomic E-state index is 0.384. The van der Waals surface area contributed by atoms with Crippen LogP contribution in [-0.2, 0) is 0 Å². The van der Waals surface area contributed by atoms with Crippen LogP contribution >= 0.6 is 0 Å². The number of rotatable bonds is 5. The minimum atomic E-state index is -0.384. The molecular weight excluding hydrogens is 336 g/mol. The number of hydrogen-bond donors (Lipinski definition) is 2. The lowest BCUT2D eigenvalue weighted by Gasteiger charge is -2.27. The Morgan fingerprint density at radius 3 is 2.30 bits per heavy atom. The normalized spacial score (nSPS) is 15.6. The van der Waals surface area contributed by atoms with Crippen molar-refractivity contribution < 1.29 is 9.53 Å². The highest BCUT2D eigenvalue weighted by Gasteiger charge is 2.22. The first-order chi connectivity index (χ1) is 13.0. The third-order valence-corrected chi connectivity index (χ3v) is 5.50. The summed E-state index contributed by atoms with van der Waals surface area (Å²) in [5.74, 6) is 0.928. The summed E-state index contributed by atoms with van der Waals surface area (Å²) in [7, 11) is 1.65. The first kappa shape index (κ1) is 19.2. The summed E-state index contributed by atoms with van der Waals surface area (Å²) in [4.78, 5) is 12.1. The molecule has 3 rings (SSSR count). The Bertz CT molecular complexity index is 847. The van der Waals surface area contributed by atoms with Crippen molar-refractivity contribution in [2.75, 3.05) is 20.2 Å². The lowest BCUT2D eigenvalue weighted by Crippen LogP contribution is -2.28. The van der Waals surface area contributed by atoms with E-state index in [0.717, 1.165) is 53.9 Å². The van der Waals surface area contributed by atoms with Crippen molar-refractivity contribution >= 4 is 11.5 Å². The molecule has 1 saturated heterocycles. The van der Waals surface area contributed by atoms with Crippen molar-refractivity contribution in [1.29, 1.82) is 0 Å². The summed E-state index contributed by atoms with van der Waals surface area (Å²) in [6.45, 7) is 6.14. The van der Waals surface area contributed by atoms with Crippen molar-refractivity contribution in [1.82, 2.24) is 5.32 Å². The van der Waals surface area contributed by atoms with Crippen LogP contribution in [0.2, 0.25) is 0 Å². The monoisotopic (exact) mass is 364 g/mol. The standard InChI is InChI=1S/C23H28N2O2/c1-4-20(17-9-11-25-12-10-17)21-13-18(14-22(15(21)2)23(24)26)16-5-7-19(27-3)8-6-16/h4-8,13-14,17,25H,9-12H2,1-3H3,(H2,24,26)/b20-4-. The highest BCUT2D eigenvalue weighted by Crippen LogP contribution is 2.36. The average molecular weight is 364 g/mol. The van der Waals surface area contributed by atoms with Gasteiger partial charge in [0.2, 0.25) is 5.91 Å². The molecule has 1 aliphatic rings. The number of primary amides is 1. The largest absolute Gasteiger partial charge is 0.497 e. The molecule has 27 heavy (non-hydrogen) atoms. The van der Waals surface area contributed by atoms with Crippen LogP contribution in [-0.4, -0.2) is 26.1 Å². The van der Waals surface area contributed by atoms with E-state index in [4.69, 9.17) is 10.5 Å². The molecule has 4 heteroatoms. The summed E-state index contributed by atoms with van der Waals surface area (Å²) in [6.07, 6.45) is 4.41. The number of benzene rings is 2. The third kappa shape index (κ3) is 4.06. The fraction of sp³-hybridized carbons (Fsp3) is 0.348. The van der Waals surface area contributed by atoms with Gasteiger partial charge < -0.3 is 15.8 Å². The number of carbonyl (C=O) groups is 1. The van der Waals surface area contributed by atoms with E-state index >= 15 is 0 Å². The second-order valence-corrected chi connectivity index (χ2v) is 7.06. The van der Waals surface area contributed by atoms with E-state index in [1.165, 1.54) is 5.57 Å². The lowest BCUT2D eigenvalue weighted by molar-refractivity contribution is 0.0999. The van der Waals surface area contributed by atoms with E-state index in [-0.39, 0.29) is 5.91 Å². The number of methoxy groups -OCH3 is 1. The van der Waals surface area contributed by atoms with Gasteiger partial charge >= 0.3 is 0 Å². The number of allylic oxidation sites excluding steroid dienone is 2. The van der Waals surface area contributed by atoms with E-state index in [1.807, 2.05) is 37.3 Å². The van der Waals surface area contributed by atoms with Crippen molar-refractivity contribution in [3.8, 4) is 16.9 Å². The van der Waals surface area contributed by atoms with Crippen LogP contribution in [0.25, 0.3) is 16.7 Å². The minimum Gasteiger partial charge on any atom is -0.497 e. The Morgan fingerprint density at radius 2 is 1.74 bits per heavy atom. The lowest BCUT2D eigenvalue weighted by atomic mass is 9.81. The summed E-state index contributed by atoms with van der Waals surface area (Å²) in [5, 5.41) is 3.42. The number of nitrogens with one attached hydrogen (secondary N) is 1. The molecule has 0 bridgehead atoms. The second-order valence-electron chi connectivity index (χ2n) is 7.06. The fourth-order valence-electron chi connectivity index (χ4n) is 3.96. The Labute approximate surface area is 161 Å². The zero-order chi connectivity index (χ0) is 19.4. The quantitative estimate of drug-likeness (QED) is 0.837. The number of piperidine rings is 1. The molecule has 4 nitrogen and oxygen atoms in total. The first-order valence-electron chi connectivity index (χ1n) is 9.51. The van der Waals surface area contributed by atoms with Crippen molar-refractivity contribution in [3.05, 3.63) is 59.2 Å². The van der Waals surface area contributed by atoms with Crippen molar-refractivity contribution in [2.24, 2.45) is 11.7 Å². The van der Waals surface area contributed by atoms with Crippen LogP contribution in [0.4, 0.5) is 0 Å². The van der Waals surface area contributed by atoms with Gasteiger partial charge in [-0.2, -0.15) is 0 Å². The zero-order valence-electron chi connectivity index (χ0n) is 16.3. The van der Waals surface area contributed by atoms with E-state index < -0.39 is 0 Å². The van der Waals surface area contributed by atoms with Crippen molar-refractivity contribution in [2.45, 2.75) is 26.7 Å². The van der Waals surface area contributed by atoms with Crippen LogP contribution < -0.4 is 15.8 Å². The molecule has 0 aromatic heterocycles. The molecule has 142 valence electrons. The average Bonchev–Trinajstić information content (AvgIpc) is 2.70. The van der Waals surface area contributed by atoms with E-state index in [2.05, 4.69) is 24.4 Å². The van der Waals surface area contributed by atoms with Gasteiger partial charge in [-0.3, -0.25) is 4.79 Å². The van der Waals surface area contributed by atoms with E-state index in [1.54, 1.807) is 7.11 Å². The molecular formula is C23H28N2O2. The van der Waals surface area contributed by atoms with Crippen LogP contribution in [0.1, 0.15) is 41.3 Å². The Balaban J connectivity index is 2.11. The number of hydrogen-bond acceptors (Lipinski definition) is 3. The third-order valence-electron chi connectivity index (χ3n) is 5.50. The van der Waals surface area contributed by atoms with Gasteiger partial charge in [0.25, 0.3) is 0 Å².